The highest BCUT2D eigenvalue weighted by molar-refractivity contribution is 14.1. The number of hydrogen-bond donors (Lipinski definition) is 2. The highest BCUT2D eigenvalue weighted by atomic mass is 127. The van der Waals surface area contributed by atoms with Crippen molar-refractivity contribution in [2.45, 2.75) is 26.4 Å². The van der Waals surface area contributed by atoms with Crippen LogP contribution in [-0.4, -0.2) is 24.0 Å². The van der Waals surface area contributed by atoms with Gasteiger partial charge in [0.25, 0.3) is 5.91 Å². The van der Waals surface area contributed by atoms with Gasteiger partial charge < -0.3 is 19.8 Å². The predicted molar refractivity (Wildman–Crippen MR) is 164 cm³/mol. The smallest absolute Gasteiger partial charge is 0.261 e. The van der Waals surface area contributed by atoms with E-state index in [9.17, 15) is 10.1 Å². The number of benzene rings is 3. The lowest BCUT2D eigenvalue weighted by molar-refractivity contribution is -0.117. The first-order valence-electron chi connectivity index (χ1n) is 12.7. The van der Waals surface area contributed by atoms with Crippen molar-refractivity contribution in [2.75, 3.05) is 13.2 Å². The zero-order valence-electron chi connectivity index (χ0n) is 21.8. The molecule has 198 valence electrons. The number of allylic oxidation sites excluding steroid dienone is 1. The lowest BCUT2D eigenvalue weighted by atomic mass is 10.0. The Morgan fingerprint density at radius 3 is 2.67 bits per heavy atom. The summed E-state index contributed by atoms with van der Waals surface area (Å²) in [5.74, 6) is 0.777. The van der Waals surface area contributed by atoms with Gasteiger partial charge >= 0.3 is 0 Å². The van der Waals surface area contributed by atoms with Crippen LogP contribution in [0.5, 0.6) is 11.5 Å². The maximum atomic E-state index is 12.9. The molecule has 0 bridgehead atoms. The summed E-state index contributed by atoms with van der Waals surface area (Å²) in [5.41, 5.74) is 4.79. The molecule has 0 saturated carbocycles. The number of aromatic amines is 1. The third-order valence-corrected chi connectivity index (χ3v) is 6.86. The molecule has 0 spiro atoms. The van der Waals surface area contributed by atoms with E-state index in [1.807, 2.05) is 73.8 Å². The second kappa shape index (κ2) is 13.7. The summed E-state index contributed by atoms with van der Waals surface area (Å²) in [6.07, 6.45) is 6.52. The van der Waals surface area contributed by atoms with E-state index < -0.39 is 5.91 Å². The molecule has 4 rings (SSSR count). The van der Waals surface area contributed by atoms with Gasteiger partial charge in [0, 0.05) is 32.8 Å². The molecule has 0 saturated heterocycles. The Balaban J connectivity index is 1.51. The van der Waals surface area contributed by atoms with E-state index >= 15 is 0 Å². The van der Waals surface area contributed by atoms with Crippen molar-refractivity contribution in [3.05, 3.63) is 111 Å². The molecule has 0 unspecified atom stereocenters. The molecule has 0 fully saturated rings. The minimum Gasteiger partial charge on any atom is -0.490 e. The van der Waals surface area contributed by atoms with Crippen LogP contribution in [0.3, 0.4) is 0 Å². The number of hydrogen-bond acceptors (Lipinski definition) is 4. The molecular formula is C32H30IN3O3. The molecule has 0 aliphatic carbocycles. The van der Waals surface area contributed by atoms with Gasteiger partial charge in [-0.1, -0.05) is 36.4 Å². The number of fused-ring (bicyclic) bond motifs is 1. The fraction of sp³-hybridized carbons (Fsp3) is 0.188. The number of H-pyrrole nitrogens is 1. The molecule has 4 aromatic rings. The molecule has 0 radical (unpaired) electrons. The van der Waals surface area contributed by atoms with Gasteiger partial charge in [0.05, 0.1) is 6.61 Å². The Hall–Kier alpha value is -4.03. The van der Waals surface area contributed by atoms with Gasteiger partial charge in [0.1, 0.15) is 18.2 Å². The molecule has 1 aromatic heterocycles. The third-order valence-electron chi connectivity index (χ3n) is 6.15. The topological polar surface area (TPSA) is 87.1 Å². The van der Waals surface area contributed by atoms with Gasteiger partial charge in [-0.2, -0.15) is 5.26 Å². The number of nitriles is 1. The summed E-state index contributed by atoms with van der Waals surface area (Å²) in [7, 11) is 0. The van der Waals surface area contributed by atoms with Crippen molar-refractivity contribution in [1.29, 1.82) is 5.26 Å². The highest BCUT2D eigenvalue weighted by Gasteiger charge is 2.15. The van der Waals surface area contributed by atoms with Crippen LogP contribution >= 0.6 is 22.6 Å². The predicted octanol–water partition coefficient (Wildman–Crippen LogP) is 6.74. The Morgan fingerprint density at radius 2 is 1.92 bits per heavy atom. The average molecular weight is 632 g/mol. The second-order valence-electron chi connectivity index (χ2n) is 8.88. The highest BCUT2D eigenvalue weighted by Crippen LogP contribution is 2.35. The minimum absolute atomic E-state index is 0.0217. The molecule has 3 aromatic carbocycles. The summed E-state index contributed by atoms with van der Waals surface area (Å²) in [4.78, 5) is 16.1. The van der Waals surface area contributed by atoms with Gasteiger partial charge in [-0.3, -0.25) is 4.79 Å². The maximum Gasteiger partial charge on any atom is 0.261 e. The molecule has 0 aliphatic rings. The number of rotatable bonds is 12. The Morgan fingerprint density at radius 1 is 1.13 bits per heavy atom. The van der Waals surface area contributed by atoms with E-state index in [0.717, 1.165) is 31.2 Å². The van der Waals surface area contributed by atoms with Crippen LogP contribution in [0.15, 0.2) is 85.1 Å². The summed E-state index contributed by atoms with van der Waals surface area (Å²) < 4.78 is 13.3. The van der Waals surface area contributed by atoms with Crippen LogP contribution in [0.2, 0.25) is 0 Å². The van der Waals surface area contributed by atoms with E-state index in [4.69, 9.17) is 9.47 Å². The van der Waals surface area contributed by atoms with E-state index in [2.05, 4.69) is 39.5 Å². The minimum atomic E-state index is -0.417. The first kappa shape index (κ1) is 28.0. The molecular weight excluding hydrogens is 601 g/mol. The SMILES string of the molecule is C=CCc1cc(/C=C(/C#N)C(=O)NCCc2c[nH]c3ccccc23)cc(OCC)c1OCc1ccc(I)cc1. The van der Waals surface area contributed by atoms with E-state index in [-0.39, 0.29) is 5.57 Å². The number of para-hydroxylation sites is 1. The number of nitrogens with zero attached hydrogens (tertiary/aromatic N) is 1. The first-order chi connectivity index (χ1) is 19.0. The Labute approximate surface area is 242 Å². The molecule has 6 nitrogen and oxygen atoms in total. The molecule has 2 N–H and O–H groups in total. The van der Waals surface area contributed by atoms with Crippen molar-refractivity contribution >= 4 is 45.5 Å². The summed E-state index contributed by atoms with van der Waals surface area (Å²) in [6, 6.07) is 21.9. The molecule has 39 heavy (non-hydrogen) atoms. The zero-order chi connectivity index (χ0) is 27.6. The fourth-order valence-corrected chi connectivity index (χ4v) is 4.66. The van der Waals surface area contributed by atoms with Gasteiger partial charge in [-0.05, 0) is 95.5 Å². The second-order valence-corrected chi connectivity index (χ2v) is 10.1. The summed E-state index contributed by atoms with van der Waals surface area (Å²) in [6.45, 7) is 7.03. The number of carbonyl (C=O) groups excluding carboxylic acids is 1. The fourth-order valence-electron chi connectivity index (χ4n) is 4.30. The quantitative estimate of drug-likeness (QED) is 0.0785. The van der Waals surface area contributed by atoms with E-state index in [1.54, 1.807) is 18.2 Å². The van der Waals surface area contributed by atoms with E-state index in [1.165, 1.54) is 0 Å². The van der Waals surface area contributed by atoms with Crippen molar-refractivity contribution in [3.8, 4) is 17.6 Å². The number of nitrogens with one attached hydrogen (secondary N) is 2. The lowest BCUT2D eigenvalue weighted by Crippen LogP contribution is -2.26. The van der Waals surface area contributed by atoms with Gasteiger partial charge in [-0.15, -0.1) is 6.58 Å². The monoisotopic (exact) mass is 631 g/mol. The number of ether oxygens (including phenoxy) is 2. The van der Waals surface area contributed by atoms with Crippen LogP contribution in [-0.2, 0) is 24.2 Å². The van der Waals surface area contributed by atoms with E-state index in [0.29, 0.717) is 49.7 Å². The van der Waals surface area contributed by atoms with Crippen LogP contribution in [0.4, 0.5) is 0 Å². The largest absolute Gasteiger partial charge is 0.490 e. The molecule has 7 heteroatoms. The van der Waals surface area contributed by atoms with Crippen LogP contribution < -0.4 is 14.8 Å². The normalized spacial score (nSPS) is 11.2. The van der Waals surface area contributed by atoms with Crippen LogP contribution in [0.25, 0.3) is 17.0 Å². The first-order valence-corrected chi connectivity index (χ1v) is 13.8. The molecule has 0 atom stereocenters. The Bertz CT molecular complexity index is 1530. The van der Waals surface area contributed by atoms with Crippen LogP contribution in [0.1, 0.15) is 29.2 Å². The zero-order valence-corrected chi connectivity index (χ0v) is 24.0. The van der Waals surface area contributed by atoms with Crippen LogP contribution in [0, 0.1) is 14.9 Å². The molecule has 0 aliphatic heterocycles. The van der Waals surface area contributed by atoms with Gasteiger partial charge in [0.15, 0.2) is 11.5 Å². The number of aromatic nitrogens is 1. The van der Waals surface area contributed by atoms with Gasteiger partial charge in [-0.25, -0.2) is 0 Å². The third kappa shape index (κ3) is 7.30. The van der Waals surface area contributed by atoms with Crippen molar-refractivity contribution < 1.29 is 14.3 Å². The van der Waals surface area contributed by atoms with Gasteiger partial charge in [0.2, 0.25) is 0 Å². The van der Waals surface area contributed by atoms with Crippen molar-refractivity contribution in [1.82, 2.24) is 10.3 Å². The molecule has 1 heterocycles. The maximum absolute atomic E-state index is 12.9. The Kier molecular flexibility index (Phi) is 9.81. The number of carbonyl (C=O) groups is 1. The molecule has 1 amide bonds. The average Bonchev–Trinajstić information content (AvgIpc) is 3.35. The standard InChI is InChI=1S/C32H30IN3O3/c1-3-7-24-16-23(18-30(38-4-2)31(24)39-21-22-10-12-27(33)13-11-22)17-26(19-34)32(37)35-15-14-25-20-36-29-9-6-5-8-28(25)29/h3,5-6,8-13,16-18,20,36H,1,4,7,14-15,21H2,2H3,(H,35,37)/b26-17-. The lowest BCUT2D eigenvalue weighted by Gasteiger charge is -2.17. The number of amides is 1. The van der Waals surface area contributed by atoms with Crippen molar-refractivity contribution in [3.63, 3.8) is 0 Å². The summed E-state index contributed by atoms with van der Waals surface area (Å²) in [5, 5.41) is 13.8. The number of halogens is 1. The summed E-state index contributed by atoms with van der Waals surface area (Å²) >= 11 is 2.27. The van der Waals surface area contributed by atoms with Crippen molar-refractivity contribution in [2.24, 2.45) is 0 Å².